The Labute approximate surface area is 150 Å². The summed E-state index contributed by atoms with van der Waals surface area (Å²) in [4.78, 5) is 14.1. The Balaban J connectivity index is 1.75. The quantitative estimate of drug-likeness (QED) is 0.876. The fourth-order valence-corrected chi connectivity index (χ4v) is 4.31. The minimum absolute atomic E-state index is 0.0507. The van der Waals surface area contributed by atoms with Crippen LogP contribution in [-0.4, -0.2) is 35.3 Å². The second-order valence-corrected chi connectivity index (χ2v) is 7.00. The van der Waals surface area contributed by atoms with E-state index in [1.165, 1.54) is 7.11 Å². The van der Waals surface area contributed by atoms with Crippen LogP contribution in [0.15, 0.2) is 42.5 Å². The molecule has 0 aromatic heterocycles. The molecule has 2 aromatic rings. The molecular formula is C18H18ClNO3S. The zero-order chi connectivity index (χ0) is 17.1. The van der Waals surface area contributed by atoms with Gasteiger partial charge in [0.1, 0.15) is 5.37 Å². The largest absolute Gasteiger partial charge is 0.504 e. The summed E-state index contributed by atoms with van der Waals surface area (Å²) in [6, 6.07) is 12.9. The van der Waals surface area contributed by atoms with Crippen LogP contribution in [0.5, 0.6) is 11.5 Å². The molecule has 1 aliphatic heterocycles. The van der Waals surface area contributed by atoms with Gasteiger partial charge in [-0.05, 0) is 30.2 Å². The lowest BCUT2D eigenvalue weighted by molar-refractivity contribution is -0.128. The summed E-state index contributed by atoms with van der Waals surface area (Å²) >= 11 is 7.89. The smallest absolute Gasteiger partial charge is 0.233 e. The first-order valence-electron chi connectivity index (χ1n) is 7.61. The average molecular weight is 364 g/mol. The summed E-state index contributed by atoms with van der Waals surface area (Å²) in [5, 5.41) is 10.3. The Kier molecular flexibility index (Phi) is 5.21. The molecule has 1 heterocycles. The van der Waals surface area contributed by atoms with E-state index < -0.39 is 0 Å². The Morgan fingerprint density at radius 1 is 1.33 bits per heavy atom. The molecule has 2 aromatic carbocycles. The maximum absolute atomic E-state index is 12.3. The number of phenolic OH excluding ortho intramolecular Hbond substituents is 1. The SMILES string of the molecule is COc1cc(CCN2C(=O)CSC2c2ccccc2Cl)ccc1O. The van der Waals surface area contributed by atoms with Gasteiger partial charge < -0.3 is 14.7 Å². The highest BCUT2D eigenvalue weighted by molar-refractivity contribution is 8.00. The third-order valence-corrected chi connectivity index (χ3v) is 5.61. The molecule has 1 atom stereocenters. The molecule has 24 heavy (non-hydrogen) atoms. The van der Waals surface area contributed by atoms with Gasteiger partial charge in [0.2, 0.25) is 5.91 Å². The van der Waals surface area contributed by atoms with Crippen LogP contribution in [0.4, 0.5) is 0 Å². The molecule has 4 nitrogen and oxygen atoms in total. The average Bonchev–Trinajstić information content (AvgIpc) is 2.95. The van der Waals surface area contributed by atoms with Crippen LogP contribution in [0.25, 0.3) is 0 Å². The van der Waals surface area contributed by atoms with Gasteiger partial charge in [-0.25, -0.2) is 0 Å². The van der Waals surface area contributed by atoms with E-state index in [0.29, 0.717) is 29.5 Å². The molecule has 126 valence electrons. The molecule has 1 unspecified atom stereocenters. The molecule has 1 saturated heterocycles. The molecule has 1 N–H and O–H groups in total. The number of benzene rings is 2. The molecule has 0 radical (unpaired) electrons. The first kappa shape index (κ1) is 17.0. The van der Waals surface area contributed by atoms with Crippen LogP contribution in [0.3, 0.4) is 0 Å². The molecule has 0 spiro atoms. The number of hydrogen-bond donors (Lipinski definition) is 1. The Morgan fingerprint density at radius 3 is 2.88 bits per heavy atom. The highest BCUT2D eigenvalue weighted by Crippen LogP contribution is 2.41. The predicted octanol–water partition coefficient (Wildman–Crippen LogP) is 3.87. The van der Waals surface area contributed by atoms with Gasteiger partial charge in [-0.15, -0.1) is 11.8 Å². The minimum Gasteiger partial charge on any atom is -0.504 e. The van der Waals surface area contributed by atoms with Gasteiger partial charge in [-0.2, -0.15) is 0 Å². The third kappa shape index (κ3) is 3.47. The van der Waals surface area contributed by atoms with Crippen molar-refractivity contribution in [3.8, 4) is 11.5 Å². The molecule has 6 heteroatoms. The summed E-state index contributed by atoms with van der Waals surface area (Å²) in [6.07, 6.45) is 0.684. The fraction of sp³-hybridized carbons (Fsp3) is 0.278. The van der Waals surface area contributed by atoms with E-state index in [1.54, 1.807) is 23.9 Å². The zero-order valence-corrected chi connectivity index (χ0v) is 14.8. The summed E-state index contributed by atoms with van der Waals surface area (Å²) in [7, 11) is 1.52. The van der Waals surface area contributed by atoms with E-state index >= 15 is 0 Å². The van der Waals surface area contributed by atoms with E-state index in [2.05, 4.69) is 0 Å². The van der Waals surface area contributed by atoms with Gasteiger partial charge in [0.25, 0.3) is 0 Å². The van der Waals surface area contributed by atoms with Gasteiger partial charge in [-0.1, -0.05) is 35.9 Å². The molecule has 1 fully saturated rings. The minimum atomic E-state index is -0.0507. The van der Waals surface area contributed by atoms with Gasteiger partial charge >= 0.3 is 0 Å². The van der Waals surface area contributed by atoms with E-state index in [9.17, 15) is 9.90 Å². The number of methoxy groups -OCH3 is 1. The molecule has 0 saturated carbocycles. The molecule has 1 amide bonds. The van der Waals surface area contributed by atoms with E-state index in [1.807, 2.05) is 35.2 Å². The summed E-state index contributed by atoms with van der Waals surface area (Å²) in [6.45, 7) is 0.593. The third-order valence-electron chi connectivity index (χ3n) is 4.02. The van der Waals surface area contributed by atoms with Crippen LogP contribution in [0.2, 0.25) is 5.02 Å². The summed E-state index contributed by atoms with van der Waals surface area (Å²) < 4.78 is 5.13. The number of hydrogen-bond acceptors (Lipinski definition) is 4. The van der Waals surface area contributed by atoms with Crippen LogP contribution in [0, 0.1) is 0 Å². The van der Waals surface area contributed by atoms with Crippen molar-refractivity contribution in [2.75, 3.05) is 19.4 Å². The van der Waals surface area contributed by atoms with Crippen LogP contribution in [-0.2, 0) is 11.2 Å². The molecule has 3 rings (SSSR count). The Hall–Kier alpha value is -1.85. The normalized spacial score (nSPS) is 17.3. The highest BCUT2D eigenvalue weighted by Gasteiger charge is 2.33. The van der Waals surface area contributed by atoms with Crippen LogP contribution < -0.4 is 4.74 Å². The van der Waals surface area contributed by atoms with Crippen molar-refractivity contribution in [2.45, 2.75) is 11.8 Å². The highest BCUT2D eigenvalue weighted by atomic mass is 35.5. The topological polar surface area (TPSA) is 49.8 Å². The van der Waals surface area contributed by atoms with Crippen molar-refractivity contribution < 1.29 is 14.6 Å². The maximum Gasteiger partial charge on any atom is 0.233 e. The monoisotopic (exact) mass is 363 g/mol. The molecular weight excluding hydrogens is 346 g/mol. The summed E-state index contributed by atoms with van der Waals surface area (Å²) in [5.41, 5.74) is 1.98. The number of nitrogens with zero attached hydrogens (tertiary/aromatic N) is 1. The van der Waals surface area contributed by atoms with Crippen molar-refractivity contribution in [3.63, 3.8) is 0 Å². The van der Waals surface area contributed by atoms with Gasteiger partial charge in [0, 0.05) is 17.1 Å². The number of amides is 1. The van der Waals surface area contributed by atoms with E-state index in [0.717, 1.165) is 11.1 Å². The number of thioether (sulfide) groups is 1. The van der Waals surface area contributed by atoms with Crippen molar-refractivity contribution in [1.29, 1.82) is 0 Å². The molecule has 0 aliphatic carbocycles. The maximum atomic E-state index is 12.3. The van der Waals surface area contributed by atoms with E-state index in [-0.39, 0.29) is 17.0 Å². The first-order valence-corrected chi connectivity index (χ1v) is 9.04. The molecule has 1 aliphatic rings. The predicted molar refractivity (Wildman–Crippen MR) is 96.7 cm³/mol. The Bertz CT molecular complexity index is 753. The van der Waals surface area contributed by atoms with Crippen molar-refractivity contribution in [2.24, 2.45) is 0 Å². The molecule has 0 bridgehead atoms. The first-order chi connectivity index (χ1) is 11.6. The lowest BCUT2D eigenvalue weighted by Gasteiger charge is -2.25. The number of ether oxygens (including phenoxy) is 1. The lowest BCUT2D eigenvalue weighted by Crippen LogP contribution is -2.30. The van der Waals surface area contributed by atoms with Crippen LogP contribution >= 0.6 is 23.4 Å². The second-order valence-electron chi connectivity index (χ2n) is 5.53. The number of halogens is 1. The van der Waals surface area contributed by atoms with Crippen LogP contribution in [0.1, 0.15) is 16.5 Å². The number of carbonyl (C=O) groups is 1. The van der Waals surface area contributed by atoms with E-state index in [4.69, 9.17) is 16.3 Å². The number of aromatic hydroxyl groups is 1. The van der Waals surface area contributed by atoms with Crippen molar-refractivity contribution >= 4 is 29.3 Å². The standard InChI is InChI=1S/C18H18ClNO3S/c1-23-16-10-12(6-7-15(16)21)8-9-20-17(22)11-24-18(20)13-4-2-3-5-14(13)19/h2-7,10,18,21H,8-9,11H2,1H3. The number of carbonyl (C=O) groups excluding carboxylic acids is 1. The number of rotatable bonds is 5. The second kappa shape index (κ2) is 7.36. The van der Waals surface area contributed by atoms with Gasteiger partial charge in [0.15, 0.2) is 11.5 Å². The van der Waals surface area contributed by atoms with Gasteiger partial charge in [-0.3, -0.25) is 4.79 Å². The lowest BCUT2D eigenvalue weighted by atomic mass is 10.1. The fourth-order valence-electron chi connectivity index (χ4n) is 2.76. The Morgan fingerprint density at radius 2 is 2.12 bits per heavy atom. The summed E-state index contributed by atoms with van der Waals surface area (Å²) in [5.74, 6) is 1.14. The zero-order valence-electron chi connectivity index (χ0n) is 13.2. The number of phenols is 1. The van der Waals surface area contributed by atoms with Crippen molar-refractivity contribution in [3.05, 3.63) is 58.6 Å². The van der Waals surface area contributed by atoms with Crippen molar-refractivity contribution in [1.82, 2.24) is 4.90 Å². The van der Waals surface area contributed by atoms with Gasteiger partial charge in [0.05, 0.1) is 12.9 Å².